The Hall–Kier alpha value is -13.6. The summed E-state index contributed by atoms with van der Waals surface area (Å²) in [6.07, 6.45) is 1.78. The second-order valence-corrected chi connectivity index (χ2v) is 38.1. The van der Waals surface area contributed by atoms with E-state index in [1.165, 1.54) is 72.9 Å². The Kier molecular flexibility index (Phi) is 41.9. The summed E-state index contributed by atoms with van der Waals surface area (Å²) in [5.74, 6) is -18.5. The van der Waals surface area contributed by atoms with E-state index < -0.39 is 235 Å². The van der Waals surface area contributed by atoms with E-state index in [2.05, 4.69) is 58.2 Å². The average Bonchev–Trinajstić information content (AvgIpc) is 1.50. The van der Waals surface area contributed by atoms with Gasteiger partial charge in [-0.05, 0) is 117 Å². The number of thioether (sulfide) groups is 1. The molecule has 42 nitrogen and oxygen atoms in total. The Morgan fingerprint density at radius 2 is 1.09 bits per heavy atom. The minimum Gasteiger partial charge on any atom is -0.508 e. The predicted octanol–water partition coefficient (Wildman–Crippen LogP) is -0.0141. The molecule has 3 aliphatic heterocycles. The molecule has 141 heavy (non-hydrogen) atoms. The molecule has 15 atom stereocenters. The van der Waals surface area contributed by atoms with Gasteiger partial charge < -0.3 is 125 Å². The van der Waals surface area contributed by atoms with E-state index in [0.29, 0.717) is 64.2 Å². The van der Waals surface area contributed by atoms with E-state index in [4.69, 9.17) is 27.7 Å². The van der Waals surface area contributed by atoms with Gasteiger partial charge in [0.2, 0.25) is 100 Å². The van der Waals surface area contributed by atoms with Crippen LogP contribution in [0, 0.1) is 11.8 Å². The zero-order valence-corrected chi connectivity index (χ0v) is 82.3. The number of carboxylic acids is 1. The molecule has 6 aromatic rings. The second kappa shape index (κ2) is 53.2. The van der Waals surface area contributed by atoms with Crippen molar-refractivity contribution in [3.63, 3.8) is 0 Å². The number of H-pyrrole nitrogens is 1. The standard InChI is InChI=1S/C98H137N21O21S/c1-11-13-28-77-91(132)107-68(39-55(3)4)88(129)113-75(86(127)104-48-82(102)122)53-141-54-83(123)105-71(41-58-32-34-62(120)35-33-58)94(135)114(8)57(7)85(126)109-73(45-81(101)121)96(137)118-38-22-31-78(118)92(133)112-74(46-100)90(131)110-70(40-56(5)6)97(138)119-50-63(140-52-59-23-16-15-17-24-59)44-80(119)93(134)108-69(42-60-47-103-66-27-20-18-25-64(60)66)89(130)106-67(36-37-99)87(128)111-72(95(136)116(10)79(29-14-12-2)98(139)115(77)9)43-61-49-117(51-84(124)125)76-30-21-19-26-65(61)76/h15-21,23-27,30,32-35,47,49,55-57,63,67-75,77-80,103,120H,11-14,22,28-29,31,36-46,48,50-54,99-100H2,1-10H3,(H2,101,121)(H2,102,122)(H,104,127)(H,105,123)(H,106,130)(H,107,132)(H,108,134)(H,109,126)(H,110,131)(H,111,128)(H,112,133)(H,113,129)(H,124,125)/t57-,63+,67-,68-,69-,70-,71-,72-,73-,74-,75-,77+,78-,79-,80-/m0/s1. The summed E-state index contributed by atoms with van der Waals surface area (Å²) >= 11 is 0.789. The Labute approximate surface area is 823 Å². The summed E-state index contributed by atoms with van der Waals surface area (Å²) in [5, 5.41) is 48.5. The number of hydrogen-bond donors (Lipinski definition) is 17. The van der Waals surface area contributed by atoms with Gasteiger partial charge >= 0.3 is 5.97 Å². The second-order valence-electron chi connectivity index (χ2n) is 37.1. The maximum atomic E-state index is 16.1. The van der Waals surface area contributed by atoms with Crippen LogP contribution in [0.2, 0.25) is 0 Å². The van der Waals surface area contributed by atoms with Gasteiger partial charge in [-0.1, -0.05) is 146 Å². The highest BCUT2D eigenvalue weighted by Crippen LogP contribution is 2.30. The number of carbonyl (C=O) groups is 18. The molecular formula is C98H137N21O21S. The summed E-state index contributed by atoms with van der Waals surface area (Å²) in [6.45, 7) is 9.63. The maximum Gasteiger partial charge on any atom is 0.323 e. The molecule has 3 fully saturated rings. The summed E-state index contributed by atoms with van der Waals surface area (Å²) in [5.41, 5.74) is 26.9. The first-order chi connectivity index (χ1) is 67.1. The van der Waals surface area contributed by atoms with Crippen molar-refractivity contribution < 1.29 is 101 Å². The third-order valence-corrected chi connectivity index (χ3v) is 26.4. The van der Waals surface area contributed by atoms with Gasteiger partial charge in [-0.15, -0.1) is 11.8 Å². The largest absolute Gasteiger partial charge is 0.508 e. The molecular weight excluding hydrogens is 1840 g/mol. The number of likely N-dealkylation sites (N-methyl/N-ethyl adjacent to an activating group) is 3. The highest BCUT2D eigenvalue weighted by Gasteiger charge is 2.47. The van der Waals surface area contributed by atoms with Gasteiger partial charge in [-0.3, -0.25) is 86.3 Å². The van der Waals surface area contributed by atoms with Crippen LogP contribution < -0.4 is 76.1 Å². The van der Waals surface area contributed by atoms with Crippen LogP contribution in [0.5, 0.6) is 5.75 Å². The lowest BCUT2D eigenvalue weighted by atomic mass is 9.99. The number of phenolic OH excluding ortho intramolecular Hbond substituents is 1. The lowest BCUT2D eigenvalue weighted by Crippen LogP contribution is -2.62. The number of benzene rings is 4. The average molecular weight is 1980 g/mol. The number of aromatic nitrogens is 2. The quantitative estimate of drug-likeness (QED) is 0.0293. The van der Waals surface area contributed by atoms with Crippen molar-refractivity contribution in [2.45, 2.75) is 255 Å². The van der Waals surface area contributed by atoms with Gasteiger partial charge in [0.1, 0.15) is 96.9 Å². The van der Waals surface area contributed by atoms with Crippen molar-refractivity contribution in [3.8, 4) is 5.75 Å². The molecule has 0 aliphatic carbocycles. The van der Waals surface area contributed by atoms with Crippen LogP contribution in [0.4, 0.5) is 0 Å². The number of aromatic amines is 1. The van der Waals surface area contributed by atoms with Crippen LogP contribution in [0.3, 0.4) is 0 Å². The molecule has 0 bridgehead atoms. The zero-order valence-electron chi connectivity index (χ0n) is 81.5. The number of hydrogen-bond acceptors (Lipinski definition) is 23. The molecule has 21 N–H and O–H groups in total. The molecule has 17 amide bonds. The monoisotopic (exact) mass is 1980 g/mol. The van der Waals surface area contributed by atoms with E-state index in [9.17, 15) is 63.0 Å². The molecule has 0 spiro atoms. The first-order valence-electron chi connectivity index (χ1n) is 47.9. The van der Waals surface area contributed by atoms with Gasteiger partial charge in [0.25, 0.3) is 0 Å². The van der Waals surface area contributed by atoms with E-state index in [1.807, 2.05) is 32.0 Å². The Morgan fingerprint density at radius 3 is 1.74 bits per heavy atom. The zero-order chi connectivity index (χ0) is 103. The first kappa shape index (κ1) is 111. The Balaban J connectivity index is 1.13. The van der Waals surface area contributed by atoms with Crippen LogP contribution in [-0.4, -0.2) is 307 Å². The number of nitrogens with zero attached hydrogens (tertiary/aromatic N) is 6. The predicted molar refractivity (Wildman–Crippen MR) is 524 cm³/mol. The normalized spacial score (nSPS) is 24.3. The number of amides is 17. The van der Waals surface area contributed by atoms with Crippen LogP contribution in [0.1, 0.15) is 154 Å². The van der Waals surface area contributed by atoms with Gasteiger partial charge in [-0.25, -0.2) is 0 Å². The lowest BCUT2D eigenvalue weighted by Gasteiger charge is -2.36. The van der Waals surface area contributed by atoms with Crippen LogP contribution in [-0.2, 0) is 123 Å². The number of fused-ring (bicyclic) bond motifs is 4. The van der Waals surface area contributed by atoms with Crippen molar-refractivity contribution >= 4 is 140 Å². The first-order valence-corrected chi connectivity index (χ1v) is 49.0. The van der Waals surface area contributed by atoms with Crippen molar-refractivity contribution in [1.82, 2.24) is 87.2 Å². The van der Waals surface area contributed by atoms with Gasteiger partial charge in [-0.2, -0.15) is 0 Å². The fraction of sp³-hybridized carbons (Fsp3) is 0.531. The van der Waals surface area contributed by atoms with Crippen molar-refractivity contribution in [2.24, 2.45) is 34.8 Å². The van der Waals surface area contributed by atoms with Crippen molar-refractivity contribution in [3.05, 3.63) is 138 Å². The van der Waals surface area contributed by atoms with E-state index >= 15 is 33.6 Å². The highest BCUT2D eigenvalue weighted by molar-refractivity contribution is 8.00. The smallest absolute Gasteiger partial charge is 0.323 e. The molecule has 5 heterocycles. The number of carboxylic acid groups (broad SMARTS) is 1. The summed E-state index contributed by atoms with van der Waals surface area (Å²) in [6, 6.07) is 7.19. The number of phenols is 1. The number of aliphatic carboxylic acids is 1. The summed E-state index contributed by atoms with van der Waals surface area (Å²) in [7, 11) is 3.94. The summed E-state index contributed by atoms with van der Waals surface area (Å²) in [4.78, 5) is 274. The number of nitrogens with two attached hydrogens (primary N) is 4. The van der Waals surface area contributed by atoms with Gasteiger partial charge in [0, 0.05) is 106 Å². The van der Waals surface area contributed by atoms with E-state index in [1.54, 1.807) is 94.6 Å². The number of para-hydroxylation sites is 2. The van der Waals surface area contributed by atoms with E-state index in [0.717, 1.165) is 32.0 Å². The van der Waals surface area contributed by atoms with Gasteiger partial charge in [0.15, 0.2) is 0 Å². The minimum absolute atomic E-state index is 0.00398. The number of aromatic hydroxyl groups is 1. The molecule has 9 rings (SSSR count). The Bertz CT molecular complexity index is 5430. The number of rotatable bonds is 29. The highest BCUT2D eigenvalue weighted by atomic mass is 32.2. The fourth-order valence-electron chi connectivity index (χ4n) is 17.7. The number of ether oxygens (including phenoxy) is 1. The molecule has 3 saturated heterocycles. The molecule has 4 aromatic carbocycles. The lowest BCUT2D eigenvalue weighted by molar-refractivity contribution is -0.149. The Morgan fingerprint density at radius 1 is 0.532 bits per heavy atom. The third kappa shape index (κ3) is 31.2. The SMILES string of the molecule is CCCC[C@@H]1C(=O)N[C@@H](CC(C)C)C(=O)N[C@H](C(=O)NCC(N)=O)CSCC(=O)N[C@@H](Cc2ccc(O)cc2)C(=O)N(C)[C@@H](C)C(=O)N[C@@H](CC(N)=O)C(=O)N2CCC[C@H]2C(=O)N[C@@H](CN)C(=O)N[C@@H](CC(C)C)C(=O)N2C[C@H](OCc3ccccc3)C[C@H]2C(=O)N[C@@H](Cc2c[nH]c3ccccc23)C(=O)N[C@@H](CCN)C(=O)N[C@@H](Cc2cn(CC(=O)O)c3ccccc23)C(=O)N(C)[C@@H](CCCC)C(=O)N1C. The van der Waals surface area contributed by atoms with Gasteiger partial charge in [0.05, 0.1) is 31.4 Å². The molecule has 0 saturated carbocycles. The van der Waals surface area contributed by atoms with Crippen LogP contribution in [0.25, 0.3) is 21.8 Å². The molecule has 766 valence electrons. The van der Waals surface area contributed by atoms with Crippen LogP contribution >= 0.6 is 11.8 Å². The van der Waals surface area contributed by atoms with Crippen molar-refractivity contribution in [2.75, 3.05) is 65.4 Å². The molecule has 0 unspecified atom stereocenters. The number of carbonyl (C=O) groups excluding carboxylic acids is 17. The minimum atomic E-state index is -1.77. The third-order valence-electron chi connectivity index (χ3n) is 25.4. The number of primary amides is 2. The number of nitrogens with one attached hydrogen (secondary N) is 11. The van der Waals surface area contributed by atoms with Crippen LogP contribution in [0.15, 0.2) is 116 Å². The number of unbranched alkanes of at least 4 members (excludes halogenated alkanes) is 2. The molecule has 2 aromatic heterocycles. The molecule has 0 radical (unpaired) electrons. The molecule has 3 aliphatic rings. The topological polar surface area (TPSA) is 618 Å². The maximum absolute atomic E-state index is 16.1. The summed E-state index contributed by atoms with van der Waals surface area (Å²) < 4.78 is 7.92. The van der Waals surface area contributed by atoms with Crippen molar-refractivity contribution in [1.29, 1.82) is 0 Å². The fourth-order valence-corrected chi connectivity index (χ4v) is 18.6. The van der Waals surface area contributed by atoms with E-state index in [-0.39, 0.29) is 114 Å². The molecule has 43 heteroatoms.